The molecule has 0 fully saturated rings. The molecule has 0 aliphatic heterocycles. The Hall–Kier alpha value is -2.34. The van der Waals surface area contributed by atoms with Crippen LogP contribution in [0.15, 0.2) is 53.0 Å². The zero-order chi connectivity index (χ0) is 19.1. The van der Waals surface area contributed by atoms with E-state index in [1.54, 1.807) is 24.3 Å². The number of carbonyl (C=O) groups is 2. The van der Waals surface area contributed by atoms with E-state index in [2.05, 4.69) is 21.2 Å². The van der Waals surface area contributed by atoms with E-state index in [1.807, 2.05) is 45.0 Å². The van der Waals surface area contributed by atoms with Gasteiger partial charge in [0.2, 0.25) is 0 Å². The normalized spacial score (nSPS) is 11.7. The number of hydrogen-bond acceptors (Lipinski definition) is 4. The van der Waals surface area contributed by atoms with Gasteiger partial charge in [0, 0.05) is 4.47 Å². The van der Waals surface area contributed by atoms with Crippen molar-refractivity contribution in [2.45, 2.75) is 32.9 Å². The Balaban J connectivity index is 1.85. The molecule has 1 atom stereocenters. The Labute approximate surface area is 161 Å². The molecule has 1 amide bonds. The van der Waals surface area contributed by atoms with Gasteiger partial charge < -0.3 is 14.8 Å². The lowest BCUT2D eigenvalue weighted by Crippen LogP contribution is -2.31. The summed E-state index contributed by atoms with van der Waals surface area (Å²) in [6, 6.07) is 14.0. The second-order valence-corrected chi connectivity index (χ2v) is 6.93. The van der Waals surface area contributed by atoms with E-state index in [9.17, 15) is 9.59 Å². The first kappa shape index (κ1) is 20.0. The second kappa shape index (κ2) is 9.38. The average molecular weight is 420 g/mol. The van der Waals surface area contributed by atoms with Gasteiger partial charge in [0.15, 0.2) is 6.61 Å². The van der Waals surface area contributed by atoms with Crippen LogP contribution in [0, 0.1) is 0 Å². The predicted molar refractivity (Wildman–Crippen MR) is 103 cm³/mol. The van der Waals surface area contributed by atoms with Crippen molar-refractivity contribution < 1.29 is 19.1 Å². The molecular formula is C20H22BrNO4. The number of carbonyl (C=O) groups excluding carboxylic acids is 2. The maximum atomic E-state index is 12.0. The SMILES string of the molecule is CC(C)Oc1ccc(C(=O)OCC(=O)N[C@@H](C)c2ccccc2Br)cc1. The van der Waals surface area contributed by atoms with E-state index in [4.69, 9.17) is 9.47 Å². The highest BCUT2D eigenvalue weighted by Crippen LogP contribution is 2.22. The molecule has 0 radical (unpaired) electrons. The van der Waals surface area contributed by atoms with Crippen LogP contribution in [0.25, 0.3) is 0 Å². The van der Waals surface area contributed by atoms with E-state index in [-0.39, 0.29) is 24.7 Å². The van der Waals surface area contributed by atoms with Crippen LogP contribution in [0.1, 0.15) is 42.7 Å². The molecule has 26 heavy (non-hydrogen) atoms. The van der Waals surface area contributed by atoms with E-state index < -0.39 is 5.97 Å². The molecule has 6 heteroatoms. The predicted octanol–water partition coefficient (Wildman–Crippen LogP) is 4.27. The molecule has 0 saturated carbocycles. The molecule has 0 unspecified atom stereocenters. The number of halogens is 1. The van der Waals surface area contributed by atoms with Crippen molar-refractivity contribution in [2.75, 3.05) is 6.61 Å². The van der Waals surface area contributed by atoms with Gasteiger partial charge in [-0.1, -0.05) is 34.1 Å². The van der Waals surface area contributed by atoms with Gasteiger partial charge in [-0.15, -0.1) is 0 Å². The molecule has 0 saturated heterocycles. The number of hydrogen-bond donors (Lipinski definition) is 1. The highest BCUT2D eigenvalue weighted by atomic mass is 79.9. The minimum atomic E-state index is -0.551. The fraction of sp³-hybridized carbons (Fsp3) is 0.300. The quantitative estimate of drug-likeness (QED) is 0.680. The molecule has 0 aliphatic rings. The lowest BCUT2D eigenvalue weighted by molar-refractivity contribution is -0.124. The molecule has 2 rings (SSSR count). The van der Waals surface area contributed by atoms with E-state index in [0.717, 1.165) is 10.0 Å². The summed E-state index contributed by atoms with van der Waals surface area (Å²) >= 11 is 3.45. The molecule has 0 aromatic heterocycles. The molecule has 138 valence electrons. The molecule has 0 bridgehead atoms. The van der Waals surface area contributed by atoms with Crippen LogP contribution in [0.3, 0.4) is 0 Å². The summed E-state index contributed by atoms with van der Waals surface area (Å²) in [5.74, 6) is -0.234. The van der Waals surface area contributed by atoms with Gasteiger partial charge in [0.05, 0.1) is 17.7 Å². The number of rotatable bonds is 7. The summed E-state index contributed by atoms with van der Waals surface area (Å²) in [5.41, 5.74) is 1.32. The maximum absolute atomic E-state index is 12.0. The Bertz CT molecular complexity index is 759. The zero-order valence-corrected chi connectivity index (χ0v) is 16.6. The zero-order valence-electron chi connectivity index (χ0n) is 15.0. The van der Waals surface area contributed by atoms with Gasteiger partial charge in [-0.25, -0.2) is 4.79 Å². The van der Waals surface area contributed by atoms with E-state index in [1.165, 1.54) is 0 Å². The Morgan fingerprint density at radius 1 is 1.04 bits per heavy atom. The third-order valence-electron chi connectivity index (χ3n) is 3.55. The van der Waals surface area contributed by atoms with Gasteiger partial charge >= 0.3 is 5.97 Å². The minimum Gasteiger partial charge on any atom is -0.491 e. The van der Waals surface area contributed by atoms with Gasteiger partial charge in [0.25, 0.3) is 5.91 Å². The monoisotopic (exact) mass is 419 g/mol. The van der Waals surface area contributed by atoms with E-state index >= 15 is 0 Å². The molecule has 2 aromatic rings. The largest absolute Gasteiger partial charge is 0.491 e. The highest BCUT2D eigenvalue weighted by molar-refractivity contribution is 9.10. The van der Waals surface area contributed by atoms with Crippen LogP contribution in [0.2, 0.25) is 0 Å². The summed E-state index contributed by atoms with van der Waals surface area (Å²) in [6.07, 6.45) is 0.0585. The summed E-state index contributed by atoms with van der Waals surface area (Å²) in [7, 11) is 0. The first-order valence-corrected chi connectivity index (χ1v) is 9.13. The van der Waals surface area contributed by atoms with Crippen molar-refractivity contribution in [1.29, 1.82) is 0 Å². The van der Waals surface area contributed by atoms with Crippen LogP contribution in [-0.2, 0) is 9.53 Å². The smallest absolute Gasteiger partial charge is 0.338 e. The summed E-state index contributed by atoms with van der Waals surface area (Å²) in [4.78, 5) is 24.1. The molecule has 1 N–H and O–H groups in total. The van der Waals surface area contributed by atoms with Gasteiger partial charge in [-0.3, -0.25) is 4.79 Å². The van der Waals surface area contributed by atoms with Crippen LogP contribution >= 0.6 is 15.9 Å². The first-order chi connectivity index (χ1) is 12.4. The highest BCUT2D eigenvalue weighted by Gasteiger charge is 2.14. The first-order valence-electron chi connectivity index (χ1n) is 8.34. The van der Waals surface area contributed by atoms with Crippen molar-refractivity contribution in [3.05, 3.63) is 64.1 Å². The van der Waals surface area contributed by atoms with Gasteiger partial charge in [0.1, 0.15) is 5.75 Å². The third-order valence-corrected chi connectivity index (χ3v) is 4.27. The molecule has 5 nitrogen and oxygen atoms in total. The average Bonchev–Trinajstić information content (AvgIpc) is 2.60. The van der Waals surface area contributed by atoms with Crippen LogP contribution in [0.5, 0.6) is 5.75 Å². The molecule has 0 spiro atoms. The second-order valence-electron chi connectivity index (χ2n) is 6.08. The van der Waals surface area contributed by atoms with Crippen LogP contribution in [0.4, 0.5) is 0 Å². The van der Waals surface area contributed by atoms with Gasteiger partial charge in [-0.05, 0) is 56.7 Å². The fourth-order valence-electron chi connectivity index (χ4n) is 2.34. The minimum absolute atomic E-state index is 0.0585. The number of nitrogens with one attached hydrogen (secondary N) is 1. The summed E-state index contributed by atoms with van der Waals surface area (Å²) < 4.78 is 11.5. The van der Waals surface area contributed by atoms with Crippen molar-refractivity contribution in [1.82, 2.24) is 5.32 Å². The van der Waals surface area contributed by atoms with E-state index in [0.29, 0.717) is 11.3 Å². The number of ether oxygens (including phenoxy) is 2. The van der Waals surface area contributed by atoms with Crippen molar-refractivity contribution >= 4 is 27.8 Å². The maximum Gasteiger partial charge on any atom is 0.338 e. The Morgan fingerprint density at radius 3 is 2.31 bits per heavy atom. The van der Waals surface area contributed by atoms with Crippen molar-refractivity contribution in [3.8, 4) is 5.75 Å². The van der Waals surface area contributed by atoms with Crippen LogP contribution in [-0.4, -0.2) is 24.6 Å². The molecular weight excluding hydrogens is 398 g/mol. The summed E-state index contributed by atoms with van der Waals surface area (Å²) in [5, 5.41) is 2.81. The standard InChI is InChI=1S/C20H22BrNO4/c1-13(2)26-16-10-8-15(9-11-16)20(24)25-12-19(23)22-14(3)17-6-4-5-7-18(17)21/h4-11,13-14H,12H2,1-3H3,(H,22,23)/t14-/m0/s1. The third kappa shape index (κ3) is 5.88. The number of benzene rings is 2. The number of esters is 1. The lowest BCUT2D eigenvalue weighted by Gasteiger charge is -2.16. The van der Waals surface area contributed by atoms with Crippen molar-refractivity contribution in [3.63, 3.8) is 0 Å². The van der Waals surface area contributed by atoms with Crippen molar-refractivity contribution in [2.24, 2.45) is 0 Å². The lowest BCUT2D eigenvalue weighted by atomic mass is 10.1. The fourth-order valence-corrected chi connectivity index (χ4v) is 2.97. The van der Waals surface area contributed by atoms with Crippen LogP contribution < -0.4 is 10.1 Å². The van der Waals surface area contributed by atoms with Gasteiger partial charge in [-0.2, -0.15) is 0 Å². The Kier molecular flexibility index (Phi) is 7.21. The molecule has 0 heterocycles. The Morgan fingerprint density at radius 2 is 1.69 bits per heavy atom. The topological polar surface area (TPSA) is 64.6 Å². The molecule has 2 aromatic carbocycles. The number of amides is 1. The summed E-state index contributed by atoms with van der Waals surface area (Å²) in [6.45, 7) is 5.39. The molecule has 0 aliphatic carbocycles.